The summed E-state index contributed by atoms with van der Waals surface area (Å²) < 4.78 is 22.9. The average Bonchev–Trinajstić information content (AvgIpc) is 2.74. The van der Waals surface area contributed by atoms with Gasteiger partial charge in [0.05, 0.1) is 33.0 Å². The van der Waals surface area contributed by atoms with Gasteiger partial charge in [0.25, 0.3) is 0 Å². The number of rotatable bonds is 5. The van der Waals surface area contributed by atoms with Gasteiger partial charge in [-0.15, -0.1) is 0 Å². The Hall–Kier alpha value is -1.83. The molecule has 0 bridgehead atoms. The molecule has 1 amide bonds. The molecule has 2 aliphatic heterocycles. The second-order valence-corrected chi connectivity index (χ2v) is 7.64. The van der Waals surface area contributed by atoms with Crippen LogP contribution in [0.25, 0.3) is 0 Å². The van der Waals surface area contributed by atoms with Crippen molar-refractivity contribution in [2.75, 3.05) is 53.6 Å². The molecule has 0 radical (unpaired) electrons. The van der Waals surface area contributed by atoms with Crippen LogP contribution in [0.2, 0.25) is 0 Å². The summed E-state index contributed by atoms with van der Waals surface area (Å²) in [6.07, 6.45) is 0.0961. The molecule has 2 saturated heterocycles. The number of carbonyl (C=O) groups is 1. The normalized spacial score (nSPS) is 24.3. The first-order valence-corrected chi connectivity index (χ1v) is 9.42. The van der Waals surface area contributed by atoms with Crippen molar-refractivity contribution in [3.05, 3.63) is 23.8 Å². The highest BCUT2D eigenvalue weighted by Crippen LogP contribution is 2.30. The summed E-state index contributed by atoms with van der Waals surface area (Å²) in [5, 5.41) is 0. The van der Waals surface area contributed by atoms with Gasteiger partial charge in [0, 0.05) is 26.7 Å². The molecule has 27 heavy (non-hydrogen) atoms. The molecular weight excluding hydrogens is 348 g/mol. The first kappa shape index (κ1) is 19.9. The maximum atomic E-state index is 11.9. The number of carbonyl (C=O) groups excluding carboxylic acids is 1. The van der Waals surface area contributed by atoms with Gasteiger partial charge in [-0.05, 0) is 31.5 Å². The molecule has 7 heteroatoms. The quantitative estimate of drug-likeness (QED) is 0.775. The number of nitrogens with zero attached hydrogens (tertiary/aromatic N) is 2. The number of morpholine rings is 1. The van der Waals surface area contributed by atoms with Gasteiger partial charge in [-0.25, -0.2) is 0 Å². The van der Waals surface area contributed by atoms with E-state index in [0.717, 1.165) is 36.7 Å². The Morgan fingerprint density at radius 2 is 2.07 bits per heavy atom. The van der Waals surface area contributed by atoms with Crippen molar-refractivity contribution in [1.82, 2.24) is 9.80 Å². The van der Waals surface area contributed by atoms with Crippen LogP contribution >= 0.6 is 0 Å². The molecule has 2 aliphatic rings. The Kier molecular flexibility index (Phi) is 6.24. The molecule has 1 aromatic rings. The van der Waals surface area contributed by atoms with Crippen LogP contribution in [0.15, 0.2) is 18.2 Å². The second kappa shape index (κ2) is 8.46. The Labute approximate surface area is 161 Å². The number of hydrogen-bond acceptors (Lipinski definition) is 6. The Bertz CT molecular complexity index is 666. The van der Waals surface area contributed by atoms with E-state index in [1.54, 1.807) is 19.1 Å². The molecular formula is C20H30N2O5. The van der Waals surface area contributed by atoms with Crippen molar-refractivity contribution in [3.8, 4) is 11.5 Å². The molecule has 0 N–H and O–H groups in total. The van der Waals surface area contributed by atoms with Crippen molar-refractivity contribution in [3.63, 3.8) is 0 Å². The van der Waals surface area contributed by atoms with E-state index in [0.29, 0.717) is 19.8 Å². The molecule has 150 valence electrons. The molecule has 3 rings (SSSR count). The molecule has 0 saturated carbocycles. The topological polar surface area (TPSA) is 60.5 Å². The lowest BCUT2D eigenvalue weighted by atomic mass is 10.0. The lowest BCUT2D eigenvalue weighted by molar-refractivity contribution is -0.143. The number of methoxy groups -OCH3 is 1. The second-order valence-electron chi connectivity index (χ2n) is 7.64. The summed E-state index contributed by atoms with van der Waals surface area (Å²) in [5.41, 5.74) is 0.684. The van der Waals surface area contributed by atoms with Crippen molar-refractivity contribution in [2.24, 2.45) is 0 Å². The SMILES string of the molecule is COc1cc(CN2CCOC3(COCC(=O)N(C)C3)C2)ccc1OC(C)C. The van der Waals surface area contributed by atoms with E-state index in [4.69, 9.17) is 18.9 Å². The highest BCUT2D eigenvalue weighted by atomic mass is 16.6. The summed E-state index contributed by atoms with van der Waals surface area (Å²) in [6.45, 7) is 8.06. The minimum Gasteiger partial charge on any atom is -0.493 e. The predicted octanol–water partition coefficient (Wildman–Crippen LogP) is 1.54. The van der Waals surface area contributed by atoms with Crippen LogP contribution in [0.5, 0.6) is 11.5 Å². The van der Waals surface area contributed by atoms with E-state index in [-0.39, 0.29) is 18.6 Å². The van der Waals surface area contributed by atoms with Crippen LogP contribution in [0, 0.1) is 0 Å². The first-order chi connectivity index (χ1) is 12.9. The zero-order chi connectivity index (χ0) is 19.4. The van der Waals surface area contributed by atoms with Crippen molar-refractivity contribution >= 4 is 5.91 Å². The number of amides is 1. The van der Waals surface area contributed by atoms with E-state index in [1.807, 2.05) is 26.0 Å². The van der Waals surface area contributed by atoms with Crippen LogP contribution in [-0.4, -0.2) is 81.0 Å². The summed E-state index contributed by atoms with van der Waals surface area (Å²) in [7, 11) is 3.46. The van der Waals surface area contributed by atoms with Crippen molar-refractivity contribution < 1.29 is 23.7 Å². The van der Waals surface area contributed by atoms with Gasteiger partial charge in [0.1, 0.15) is 12.2 Å². The standard InChI is InChI=1S/C20H30N2O5/c1-15(2)27-17-6-5-16(9-18(17)24-4)10-22-7-8-26-20(13-22)12-21(3)19(23)11-25-14-20/h5-6,9,15H,7-8,10-14H2,1-4H3. The van der Waals surface area contributed by atoms with Gasteiger partial charge in [0.15, 0.2) is 11.5 Å². The highest BCUT2D eigenvalue weighted by molar-refractivity contribution is 5.77. The molecule has 1 spiro atoms. The maximum absolute atomic E-state index is 11.9. The zero-order valence-electron chi connectivity index (χ0n) is 16.7. The highest BCUT2D eigenvalue weighted by Gasteiger charge is 2.41. The van der Waals surface area contributed by atoms with E-state index in [1.165, 1.54) is 0 Å². The van der Waals surface area contributed by atoms with Crippen molar-refractivity contribution in [2.45, 2.75) is 32.1 Å². The molecule has 0 aromatic heterocycles. The van der Waals surface area contributed by atoms with E-state index in [2.05, 4.69) is 11.0 Å². The van der Waals surface area contributed by atoms with Crippen LogP contribution in [0.1, 0.15) is 19.4 Å². The number of hydrogen-bond donors (Lipinski definition) is 0. The molecule has 7 nitrogen and oxygen atoms in total. The lowest BCUT2D eigenvalue weighted by Crippen LogP contribution is -2.58. The van der Waals surface area contributed by atoms with Gasteiger partial charge < -0.3 is 23.8 Å². The lowest BCUT2D eigenvalue weighted by Gasteiger charge is -2.42. The fourth-order valence-corrected chi connectivity index (χ4v) is 3.66. The molecule has 2 fully saturated rings. The summed E-state index contributed by atoms with van der Waals surface area (Å²) in [5.74, 6) is 1.50. The van der Waals surface area contributed by atoms with E-state index >= 15 is 0 Å². The van der Waals surface area contributed by atoms with Gasteiger partial charge >= 0.3 is 0 Å². The monoisotopic (exact) mass is 378 g/mol. The Morgan fingerprint density at radius 3 is 2.81 bits per heavy atom. The first-order valence-electron chi connectivity index (χ1n) is 9.42. The minimum atomic E-state index is -0.468. The van der Waals surface area contributed by atoms with Gasteiger partial charge in [-0.1, -0.05) is 6.07 Å². The smallest absolute Gasteiger partial charge is 0.248 e. The fraction of sp³-hybridized carbons (Fsp3) is 0.650. The van der Waals surface area contributed by atoms with E-state index < -0.39 is 5.60 Å². The number of benzene rings is 1. The largest absolute Gasteiger partial charge is 0.493 e. The molecule has 1 atom stereocenters. The Morgan fingerprint density at radius 1 is 1.26 bits per heavy atom. The minimum absolute atomic E-state index is 0.00178. The number of ether oxygens (including phenoxy) is 4. The van der Waals surface area contributed by atoms with Crippen molar-refractivity contribution in [1.29, 1.82) is 0 Å². The zero-order valence-corrected chi connectivity index (χ0v) is 16.7. The fourth-order valence-electron chi connectivity index (χ4n) is 3.66. The third kappa shape index (κ3) is 4.91. The summed E-state index contributed by atoms with van der Waals surface area (Å²) in [4.78, 5) is 15.9. The molecule has 1 aromatic carbocycles. The predicted molar refractivity (Wildman–Crippen MR) is 101 cm³/mol. The third-order valence-electron chi connectivity index (χ3n) is 4.87. The Balaban J connectivity index is 1.69. The summed E-state index contributed by atoms with van der Waals surface area (Å²) >= 11 is 0. The number of likely N-dealkylation sites (N-methyl/N-ethyl adjacent to an activating group) is 1. The summed E-state index contributed by atoms with van der Waals surface area (Å²) in [6, 6.07) is 6.06. The van der Waals surface area contributed by atoms with Crippen LogP contribution in [0.3, 0.4) is 0 Å². The average molecular weight is 378 g/mol. The van der Waals surface area contributed by atoms with E-state index in [9.17, 15) is 4.79 Å². The van der Waals surface area contributed by atoms with Gasteiger partial charge in [-0.2, -0.15) is 0 Å². The molecule has 2 heterocycles. The third-order valence-corrected chi connectivity index (χ3v) is 4.87. The van der Waals surface area contributed by atoms with Gasteiger partial charge in [-0.3, -0.25) is 9.69 Å². The van der Waals surface area contributed by atoms with Crippen LogP contribution in [-0.2, 0) is 20.8 Å². The van der Waals surface area contributed by atoms with Crippen LogP contribution < -0.4 is 9.47 Å². The molecule has 1 unspecified atom stereocenters. The van der Waals surface area contributed by atoms with Crippen LogP contribution in [0.4, 0.5) is 0 Å². The van der Waals surface area contributed by atoms with Gasteiger partial charge in [0.2, 0.25) is 5.91 Å². The maximum Gasteiger partial charge on any atom is 0.248 e. The molecule has 0 aliphatic carbocycles.